The quantitative estimate of drug-likeness (QED) is 0.433. The molecule has 0 amide bonds. The van der Waals surface area contributed by atoms with Crippen molar-refractivity contribution in [3.8, 4) is 0 Å². The van der Waals surface area contributed by atoms with Gasteiger partial charge in [0.2, 0.25) is 0 Å². The van der Waals surface area contributed by atoms with Crippen LogP contribution in [0.4, 0.5) is 0 Å². The Morgan fingerprint density at radius 1 is 1.07 bits per heavy atom. The fraction of sp³-hybridized carbons (Fsp3) is 1.00. The van der Waals surface area contributed by atoms with Gasteiger partial charge in [0.1, 0.15) is 18.3 Å². The lowest BCUT2D eigenvalue weighted by Gasteiger charge is -2.38. The highest BCUT2D eigenvalue weighted by molar-refractivity contribution is 7.23. The summed E-state index contributed by atoms with van der Waals surface area (Å²) in [7, 11) is -0.0916. The predicted octanol–water partition coefficient (Wildman–Crippen LogP) is -1.53. The SMILES string of the molecule is O=PCCC1OC(O)C(O)C(O)C1O. The highest BCUT2D eigenvalue weighted by Gasteiger charge is 2.42. The van der Waals surface area contributed by atoms with Crippen LogP contribution in [0.3, 0.4) is 0 Å². The minimum atomic E-state index is -1.51. The van der Waals surface area contributed by atoms with E-state index >= 15 is 0 Å². The zero-order valence-corrected chi connectivity index (χ0v) is 8.25. The van der Waals surface area contributed by atoms with Crippen molar-refractivity contribution in [1.29, 1.82) is 0 Å². The van der Waals surface area contributed by atoms with Crippen molar-refractivity contribution < 1.29 is 29.7 Å². The Labute approximate surface area is 82.3 Å². The molecular formula is C7H13O6P. The monoisotopic (exact) mass is 224 g/mol. The Morgan fingerprint density at radius 3 is 2.29 bits per heavy atom. The third-order valence-electron chi connectivity index (χ3n) is 2.19. The molecule has 0 bridgehead atoms. The zero-order valence-electron chi connectivity index (χ0n) is 7.35. The number of hydrogen-bond donors (Lipinski definition) is 4. The Morgan fingerprint density at radius 2 is 1.71 bits per heavy atom. The van der Waals surface area contributed by atoms with Crippen molar-refractivity contribution >= 4 is 8.46 Å². The van der Waals surface area contributed by atoms with Crippen LogP contribution in [0.2, 0.25) is 0 Å². The van der Waals surface area contributed by atoms with E-state index in [1.54, 1.807) is 0 Å². The Hall–Kier alpha value is -0.100. The molecule has 1 saturated heterocycles. The van der Waals surface area contributed by atoms with Crippen molar-refractivity contribution in [2.24, 2.45) is 0 Å². The molecule has 0 radical (unpaired) electrons. The lowest BCUT2D eigenvalue weighted by molar-refractivity contribution is -0.281. The van der Waals surface area contributed by atoms with Gasteiger partial charge in [-0.2, -0.15) is 0 Å². The Kier molecular flexibility index (Phi) is 4.37. The maximum Gasteiger partial charge on any atom is 0.183 e. The number of rotatable bonds is 3. The molecule has 14 heavy (non-hydrogen) atoms. The molecule has 7 heteroatoms. The molecule has 1 heterocycles. The molecule has 0 aromatic rings. The van der Waals surface area contributed by atoms with Gasteiger partial charge in [-0.25, -0.2) is 0 Å². The summed E-state index contributed by atoms with van der Waals surface area (Å²) in [5.41, 5.74) is 0. The summed E-state index contributed by atoms with van der Waals surface area (Å²) in [5, 5.41) is 36.9. The van der Waals surface area contributed by atoms with Crippen molar-refractivity contribution in [3.63, 3.8) is 0 Å². The largest absolute Gasteiger partial charge is 0.388 e. The van der Waals surface area contributed by atoms with Crippen molar-refractivity contribution in [2.75, 3.05) is 6.16 Å². The molecule has 5 unspecified atom stereocenters. The van der Waals surface area contributed by atoms with E-state index in [1.807, 2.05) is 0 Å². The van der Waals surface area contributed by atoms with Crippen molar-refractivity contribution in [3.05, 3.63) is 0 Å². The van der Waals surface area contributed by atoms with Crippen LogP contribution in [0.15, 0.2) is 0 Å². The van der Waals surface area contributed by atoms with Gasteiger partial charge in [-0.15, -0.1) is 0 Å². The summed E-state index contributed by atoms with van der Waals surface area (Å²) in [6.07, 6.45) is -6.02. The first-order valence-electron chi connectivity index (χ1n) is 4.24. The lowest BCUT2D eigenvalue weighted by atomic mass is 9.97. The average molecular weight is 224 g/mol. The zero-order chi connectivity index (χ0) is 10.7. The van der Waals surface area contributed by atoms with Gasteiger partial charge in [-0.1, -0.05) is 0 Å². The predicted molar refractivity (Wildman–Crippen MR) is 46.0 cm³/mol. The van der Waals surface area contributed by atoms with Gasteiger partial charge in [0, 0.05) is 6.16 Å². The molecule has 5 atom stereocenters. The number of aliphatic hydroxyl groups is 4. The molecule has 82 valence electrons. The van der Waals surface area contributed by atoms with Crippen molar-refractivity contribution in [2.45, 2.75) is 37.1 Å². The molecule has 1 aliphatic rings. The van der Waals surface area contributed by atoms with E-state index in [9.17, 15) is 14.8 Å². The van der Waals surface area contributed by atoms with E-state index in [0.29, 0.717) is 0 Å². The second-order valence-electron chi connectivity index (χ2n) is 3.18. The normalized spacial score (nSPS) is 44.1. The maximum atomic E-state index is 10.2. The molecular weight excluding hydrogens is 211 g/mol. The van der Waals surface area contributed by atoms with Gasteiger partial charge in [0.25, 0.3) is 0 Å². The summed E-state index contributed by atoms with van der Waals surface area (Å²) in [6.45, 7) is 0. The first-order chi connectivity index (χ1) is 6.57. The number of hydrogen-bond acceptors (Lipinski definition) is 6. The van der Waals surface area contributed by atoms with Crippen LogP contribution < -0.4 is 0 Å². The first kappa shape index (κ1) is 12.0. The molecule has 6 nitrogen and oxygen atoms in total. The van der Waals surface area contributed by atoms with Gasteiger partial charge in [-0.05, 0) is 6.42 Å². The van der Waals surface area contributed by atoms with Gasteiger partial charge in [-0.3, -0.25) is 4.57 Å². The van der Waals surface area contributed by atoms with Crippen LogP contribution in [0.1, 0.15) is 6.42 Å². The van der Waals surface area contributed by atoms with Gasteiger partial charge in [0.05, 0.1) is 6.10 Å². The van der Waals surface area contributed by atoms with Crippen LogP contribution in [0.5, 0.6) is 0 Å². The summed E-state index contributed by atoms with van der Waals surface area (Å²) >= 11 is 0. The average Bonchev–Trinajstić information content (AvgIpc) is 2.18. The third kappa shape index (κ3) is 2.48. The van der Waals surface area contributed by atoms with Crippen LogP contribution in [0.25, 0.3) is 0 Å². The van der Waals surface area contributed by atoms with E-state index < -0.39 is 30.7 Å². The maximum absolute atomic E-state index is 10.2. The van der Waals surface area contributed by atoms with Gasteiger partial charge in [0.15, 0.2) is 14.8 Å². The second kappa shape index (κ2) is 5.11. The van der Waals surface area contributed by atoms with Crippen LogP contribution in [-0.2, 0) is 9.30 Å². The fourth-order valence-electron chi connectivity index (χ4n) is 1.35. The number of ether oxygens (including phenoxy) is 1. The summed E-state index contributed by atoms with van der Waals surface area (Å²) < 4.78 is 15.0. The minimum absolute atomic E-state index is 0.0916. The molecule has 1 rings (SSSR count). The van der Waals surface area contributed by atoms with Gasteiger partial charge < -0.3 is 25.2 Å². The molecule has 1 fully saturated rings. The topological polar surface area (TPSA) is 107 Å². The lowest BCUT2D eigenvalue weighted by Crippen LogP contribution is -2.57. The second-order valence-corrected chi connectivity index (χ2v) is 3.88. The standard InChI is InChI=1S/C7H13O6P/c8-4-3(1-2-14-12)13-7(11)6(10)5(4)9/h3-11H,1-2H2. The highest BCUT2D eigenvalue weighted by Crippen LogP contribution is 2.22. The van der Waals surface area contributed by atoms with E-state index in [0.717, 1.165) is 0 Å². The summed E-state index contributed by atoms with van der Waals surface area (Å²) in [6, 6.07) is 0. The van der Waals surface area contributed by atoms with Gasteiger partial charge >= 0.3 is 0 Å². The van der Waals surface area contributed by atoms with Crippen LogP contribution in [0, 0.1) is 0 Å². The van der Waals surface area contributed by atoms with Crippen molar-refractivity contribution in [1.82, 2.24) is 0 Å². The van der Waals surface area contributed by atoms with E-state index in [4.69, 9.17) is 14.9 Å². The van der Waals surface area contributed by atoms with Crippen LogP contribution >= 0.6 is 8.46 Å². The minimum Gasteiger partial charge on any atom is -0.388 e. The number of aliphatic hydroxyl groups excluding tert-OH is 4. The molecule has 0 saturated carbocycles. The van der Waals surface area contributed by atoms with E-state index in [1.165, 1.54) is 0 Å². The molecule has 1 aliphatic heterocycles. The molecule has 4 N–H and O–H groups in total. The summed E-state index contributed by atoms with van der Waals surface area (Å²) in [4.78, 5) is 0. The third-order valence-corrected chi connectivity index (χ3v) is 2.63. The summed E-state index contributed by atoms with van der Waals surface area (Å²) in [5.74, 6) is 0. The molecule has 0 aromatic carbocycles. The van der Waals surface area contributed by atoms with E-state index in [-0.39, 0.29) is 21.0 Å². The van der Waals surface area contributed by atoms with Crippen LogP contribution in [-0.4, -0.2) is 57.3 Å². The first-order valence-corrected chi connectivity index (χ1v) is 5.24. The Bertz CT molecular complexity index is 201. The molecule has 0 aromatic heterocycles. The Balaban J connectivity index is 2.55. The fourth-order valence-corrected chi connectivity index (χ4v) is 1.71. The smallest absolute Gasteiger partial charge is 0.183 e. The van der Waals surface area contributed by atoms with E-state index in [2.05, 4.69) is 0 Å². The molecule has 0 spiro atoms. The highest BCUT2D eigenvalue weighted by atomic mass is 31.1. The molecule has 0 aliphatic carbocycles.